The second-order valence-electron chi connectivity index (χ2n) is 14.0. The van der Waals surface area contributed by atoms with E-state index in [4.69, 9.17) is 4.42 Å². The molecule has 0 spiro atoms. The number of hydrogen-bond donors (Lipinski definition) is 0. The highest BCUT2D eigenvalue weighted by Crippen LogP contribution is 2.50. The zero-order valence-corrected chi connectivity index (χ0v) is 28.9. The Morgan fingerprint density at radius 1 is 0.264 bits per heavy atom. The van der Waals surface area contributed by atoms with Crippen LogP contribution in [0.1, 0.15) is 0 Å². The fourth-order valence-corrected chi connectivity index (χ4v) is 8.59. The monoisotopic (exact) mass is 672 g/mol. The van der Waals surface area contributed by atoms with Gasteiger partial charge in [-0.3, -0.25) is 0 Å². The maximum atomic E-state index is 6.81. The maximum absolute atomic E-state index is 6.81. The molecule has 0 N–H and O–H groups in total. The van der Waals surface area contributed by atoms with Crippen LogP contribution in [0.25, 0.3) is 110 Å². The molecule has 11 aromatic rings. The first-order valence-corrected chi connectivity index (χ1v) is 18.3. The lowest BCUT2D eigenvalue weighted by Gasteiger charge is -2.20. The van der Waals surface area contributed by atoms with Gasteiger partial charge < -0.3 is 4.42 Å². The first-order valence-electron chi connectivity index (χ1n) is 18.3. The van der Waals surface area contributed by atoms with Crippen molar-refractivity contribution in [3.63, 3.8) is 0 Å². The molecule has 1 heteroatoms. The molecule has 0 amide bonds. The summed E-state index contributed by atoms with van der Waals surface area (Å²) in [6, 6.07) is 70.4. The average molecular weight is 673 g/mol. The molecule has 0 unspecified atom stereocenters. The zero-order valence-electron chi connectivity index (χ0n) is 28.9. The third-order valence-corrected chi connectivity index (χ3v) is 11.1. The fourth-order valence-electron chi connectivity index (χ4n) is 8.59. The summed E-state index contributed by atoms with van der Waals surface area (Å²) in [5.41, 5.74) is 14.0. The van der Waals surface area contributed by atoms with Crippen LogP contribution in [-0.2, 0) is 0 Å². The maximum Gasteiger partial charge on any atom is 0.143 e. The van der Waals surface area contributed by atoms with E-state index in [1.165, 1.54) is 88.0 Å². The molecule has 0 aliphatic carbocycles. The van der Waals surface area contributed by atoms with Crippen LogP contribution in [0.2, 0.25) is 0 Å². The second kappa shape index (κ2) is 11.8. The highest BCUT2D eigenvalue weighted by atomic mass is 16.3. The average Bonchev–Trinajstić information content (AvgIpc) is 3.63. The van der Waals surface area contributed by atoms with Crippen molar-refractivity contribution < 1.29 is 4.42 Å². The minimum Gasteiger partial charge on any atom is -0.455 e. The third kappa shape index (κ3) is 4.64. The molecule has 53 heavy (non-hydrogen) atoms. The van der Waals surface area contributed by atoms with Gasteiger partial charge in [-0.15, -0.1) is 0 Å². The number of fused-ring (bicyclic) bond motifs is 4. The summed E-state index contributed by atoms with van der Waals surface area (Å²) in [5, 5.41) is 9.70. The van der Waals surface area contributed by atoms with Gasteiger partial charge in [-0.2, -0.15) is 0 Å². The van der Waals surface area contributed by atoms with Crippen LogP contribution in [0.15, 0.2) is 199 Å². The first-order chi connectivity index (χ1) is 26.3. The predicted octanol–water partition coefficient (Wildman–Crippen LogP) is 14.8. The molecule has 0 radical (unpaired) electrons. The summed E-state index contributed by atoms with van der Waals surface area (Å²) < 4.78 is 6.81. The van der Waals surface area contributed by atoms with Crippen molar-refractivity contribution in [2.45, 2.75) is 0 Å². The largest absolute Gasteiger partial charge is 0.455 e. The lowest BCUT2D eigenvalue weighted by Crippen LogP contribution is -1.93. The van der Waals surface area contributed by atoms with Crippen LogP contribution in [0.3, 0.4) is 0 Å². The molecule has 1 aromatic heterocycles. The second-order valence-corrected chi connectivity index (χ2v) is 14.0. The van der Waals surface area contributed by atoms with Crippen LogP contribution in [0.5, 0.6) is 0 Å². The zero-order chi connectivity index (χ0) is 34.9. The van der Waals surface area contributed by atoms with E-state index in [9.17, 15) is 0 Å². The molecule has 10 aromatic carbocycles. The van der Waals surface area contributed by atoms with Gasteiger partial charge in [-0.25, -0.2) is 0 Å². The summed E-state index contributed by atoms with van der Waals surface area (Å²) in [5.74, 6) is 0. The van der Waals surface area contributed by atoms with Crippen molar-refractivity contribution in [3.8, 4) is 55.6 Å². The van der Waals surface area contributed by atoms with Gasteiger partial charge in [-0.1, -0.05) is 176 Å². The Morgan fingerprint density at radius 3 is 1.25 bits per heavy atom. The highest BCUT2D eigenvalue weighted by Gasteiger charge is 2.24. The number of rotatable bonds is 5. The van der Waals surface area contributed by atoms with Crippen molar-refractivity contribution in [3.05, 3.63) is 194 Å². The van der Waals surface area contributed by atoms with Crippen molar-refractivity contribution in [1.29, 1.82) is 0 Å². The molecular weight excluding hydrogens is 641 g/mol. The molecule has 1 heterocycles. The Labute approximate surface area is 307 Å². The van der Waals surface area contributed by atoms with Crippen molar-refractivity contribution >= 4 is 54.3 Å². The van der Waals surface area contributed by atoms with Crippen LogP contribution in [0, 0.1) is 0 Å². The van der Waals surface area contributed by atoms with E-state index in [2.05, 4.69) is 194 Å². The molecule has 246 valence electrons. The van der Waals surface area contributed by atoms with E-state index in [1.807, 2.05) is 0 Å². The van der Waals surface area contributed by atoms with Crippen LogP contribution >= 0.6 is 0 Å². The van der Waals surface area contributed by atoms with E-state index in [0.29, 0.717) is 0 Å². The van der Waals surface area contributed by atoms with Gasteiger partial charge >= 0.3 is 0 Å². The molecule has 0 aliphatic heterocycles. The smallest absolute Gasteiger partial charge is 0.143 e. The van der Waals surface area contributed by atoms with Crippen molar-refractivity contribution in [1.82, 2.24) is 0 Å². The summed E-state index contributed by atoms with van der Waals surface area (Å²) >= 11 is 0. The van der Waals surface area contributed by atoms with Crippen molar-refractivity contribution in [2.75, 3.05) is 0 Å². The van der Waals surface area contributed by atoms with Gasteiger partial charge in [-0.05, 0) is 89.8 Å². The Kier molecular flexibility index (Phi) is 6.62. The van der Waals surface area contributed by atoms with Crippen LogP contribution in [0.4, 0.5) is 0 Å². The number of benzene rings is 10. The van der Waals surface area contributed by atoms with Gasteiger partial charge in [0.1, 0.15) is 11.2 Å². The van der Waals surface area contributed by atoms with Crippen LogP contribution in [-0.4, -0.2) is 0 Å². The lowest BCUT2D eigenvalue weighted by molar-refractivity contribution is 0.673. The molecule has 0 saturated carbocycles. The molecule has 1 nitrogen and oxygen atoms in total. The minimum absolute atomic E-state index is 0.910. The Bertz CT molecular complexity index is 3000. The van der Waals surface area contributed by atoms with E-state index >= 15 is 0 Å². The Morgan fingerprint density at radius 2 is 0.679 bits per heavy atom. The first kappa shape index (κ1) is 29.7. The summed E-state index contributed by atoms with van der Waals surface area (Å²) in [6.45, 7) is 0. The van der Waals surface area contributed by atoms with Gasteiger partial charge in [0.25, 0.3) is 0 Å². The number of hydrogen-bond acceptors (Lipinski definition) is 1. The van der Waals surface area contributed by atoms with Gasteiger partial charge in [0.15, 0.2) is 0 Å². The van der Waals surface area contributed by atoms with Gasteiger partial charge in [0, 0.05) is 27.1 Å². The van der Waals surface area contributed by atoms with E-state index in [-0.39, 0.29) is 0 Å². The third-order valence-electron chi connectivity index (χ3n) is 11.1. The van der Waals surface area contributed by atoms with E-state index in [0.717, 1.165) is 21.9 Å². The summed E-state index contributed by atoms with van der Waals surface area (Å²) in [6.07, 6.45) is 0. The standard InChI is InChI=1S/C52H32O/c1-4-12-33(13-5-1)35-20-24-37(25-21-35)45-32-46(38-26-22-36(23-27-38)34-14-6-2-7-15-34)41-29-31-44-50-43(30-28-40(45)49(41)50)48(39-16-8-3-9-17-39)51-42-18-10-11-19-47(42)53-52(44)51/h1-32H. The number of furan rings is 1. The SMILES string of the molecule is c1ccc(-c2ccc(-c3cc(-c4ccc(-c5ccccc5)cc4)c4ccc5c6oc7ccccc7c6c(-c6ccccc6)c6ccc3c4c65)cc2)cc1. The van der Waals surface area contributed by atoms with Crippen LogP contribution < -0.4 is 0 Å². The minimum atomic E-state index is 0.910. The van der Waals surface area contributed by atoms with Gasteiger partial charge in [0.2, 0.25) is 0 Å². The topological polar surface area (TPSA) is 13.1 Å². The van der Waals surface area contributed by atoms with Crippen molar-refractivity contribution in [2.24, 2.45) is 0 Å². The summed E-state index contributed by atoms with van der Waals surface area (Å²) in [4.78, 5) is 0. The number of para-hydroxylation sites is 1. The van der Waals surface area contributed by atoms with E-state index < -0.39 is 0 Å². The molecule has 0 aliphatic rings. The normalized spacial score (nSPS) is 11.8. The lowest BCUT2D eigenvalue weighted by atomic mass is 9.82. The quantitative estimate of drug-likeness (QED) is 0.166. The molecule has 0 bridgehead atoms. The Balaban J connectivity index is 1.24. The molecule has 11 rings (SSSR count). The predicted molar refractivity (Wildman–Crippen MR) is 225 cm³/mol. The highest BCUT2D eigenvalue weighted by molar-refractivity contribution is 6.37. The molecule has 0 fully saturated rings. The summed E-state index contributed by atoms with van der Waals surface area (Å²) in [7, 11) is 0. The molecular formula is C52H32O. The molecule has 0 saturated heterocycles. The van der Waals surface area contributed by atoms with E-state index in [1.54, 1.807) is 0 Å². The molecule has 0 atom stereocenters. The van der Waals surface area contributed by atoms with Gasteiger partial charge in [0.05, 0.1) is 0 Å². The Hall–Kier alpha value is -6.96. The fraction of sp³-hybridized carbons (Fsp3) is 0.